The third-order valence-corrected chi connectivity index (χ3v) is 11.2. The Balaban J connectivity index is 0.000000639. The van der Waals surface area contributed by atoms with Gasteiger partial charge >= 0.3 is 0 Å². The Morgan fingerprint density at radius 1 is 0.776 bits per heavy atom. The van der Waals surface area contributed by atoms with Crippen LogP contribution in [0.25, 0.3) is 0 Å². The average Bonchev–Trinajstić information content (AvgIpc) is 3.78. The maximum absolute atomic E-state index is 10.4. The number of hydrogen-bond donors (Lipinski definition) is 0. The van der Waals surface area contributed by atoms with Gasteiger partial charge in [-0.2, -0.15) is 4.57 Å². The van der Waals surface area contributed by atoms with Crippen molar-refractivity contribution >= 4 is 21.5 Å². The van der Waals surface area contributed by atoms with Crippen LogP contribution in [0.3, 0.4) is 0 Å². The molecule has 0 aliphatic carbocycles. The molecule has 1 fully saturated rings. The van der Waals surface area contributed by atoms with Gasteiger partial charge in [-0.25, -0.2) is 8.42 Å². The number of aromatic nitrogens is 1. The minimum atomic E-state index is -4.27. The van der Waals surface area contributed by atoms with E-state index in [4.69, 9.17) is 9.47 Å². The standard InChI is InChI=1S/C34H64NO2S.C7H8O3S/c1-2-3-4-5-6-7-8-9-10-11-12-13-14-15-18-21-24-33-29-34(37-30-33)31-36-27-23-20-17-16-19-22-25-35-26-28-38-32-35;1-6-2-4-7(5-3-6)11(8,9)10/h26,28,32-34H,2-25,27,29-31H2,1H3;2-5H,1H3,(H,8,9,10)/q+1;/p-1/t33-,34+;/m0./s1. The summed E-state index contributed by atoms with van der Waals surface area (Å²) in [6.45, 7) is 7.99. The molecule has 1 saturated heterocycles. The fraction of sp³-hybridized carbons (Fsp3) is 0.780. The van der Waals surface area contributed by atoms with Crippen molar-refractivity contribution in [1.82, 2.24) is 0 Å². The molecule has 49 heavy (non-hydrogen) atoms. The van der Waals surface area contributed by atoms with Gasteiger partial charge in [-0.05, 0) is 50.7 Å². The Morgan fingerprint density at radius 2 is 1.31 bits per heavy atom. The molecular weight excluding hydrogens is 651 g/mol. The molecule has 1 aromatic carbocycles. The summed E-state index contributed by atoms with van der Waals surface area (Å²) in [6.07, 6.45) is 36.1. The van der Waals surface area contributed by atoms with Crippen molar-refractivity contribution in [3.63, 3.8) is 0 Å². The van der Waals surface area contributed by atoms with Gasteiger partial charge in [0.15, 0.2) is 6.20 Å². The first kappa shape index (κ1) is 43.8. The van der Waals surface area contributed by atoms with Crippen molar-refractivity contribution in [2.24, 2.45) is 5.92 Å². The van der Waals surface area contributed by atoms with E-state index in [9.17, 15) is 13.0 Å². The highest BCUT2D eigenvalue weighted by Crippen LogP contribution is 2.25. The van der Waals surface area contributed by atoms with E-state index in [2.05, 4.69) is 28.6 Å². The van der Waals surface area contributed by atoms with Gasteiger partial charge in [-0.3, -0.25) is 0 Å². The third kappa shape index (κ3) is 24.5. The zero-order valence-electron chi connectivity index (χ0n) is 31.3. The van der Waals surface area contributed by atoms with Crippen molar-refractivity contribution in [3.05, 3.63) is 46.9 Å². The molecular formula is C41H71NO5S2. The summed E-state index contributed by atoms with van der Waals surface area (Å²) in [5.41, 5.74) is 3.13. The Morgan fingerprint density at radius 3 is 1.84 bits per heavy atom. The van der Waals surface area contributed by atoms with Crippen LogP contribution in [0.2, 0.25) is 0 Å². The van der Waals surface area contributed by atoms with Crippen LogP contribution in [0.1, 0.15) is 167 Å². The second-order valence-electron chi connectivity index (χ2n) is 14.4. The maximum Gasteiger partial charge on any atom is 0.224 e. The quantitative estimate of drug-likeness (QED) is 0.0475. The zero-order chi connectivity index (χ0) is 35.3. The average molecular weight is 722 g/mol. The normalized spacial score (nSPS) is 16.1. The summed E-state index contributed by atoms with van der Waals surface area (Å²) in [5.74, 6) is 0.780. The summed E-state index contributed by atoms with van der Waals surface area (Å²) in [6, 6.07) is 5.78. The molecule has 2 aromatic rings. The fourth-order valence-electron chi connectivity index (χ4n) is 6.59. The molecule has 0 bridgehead atoms. The van der Waals surface area contributed by atoms with Crippen LogP contribution in [-0.4, -0.2) is 38.9 Å². The molecule has 2 heterocycles. The highest BCUT2D eigenvalue weighted by molar-refractivity contribution is 7.85. The van der Waals surface area contributed by atoms with E-state index in [-0.39, 0.29) is 4.90 Å². The fourth-order valence-corrected chi connectivity index (χ4v) is 7.69. The third-order valence-electron chi connectivity index (χ3n) is 9.73. The van der Waals surface area contributed by atoms with E-state index < -0.39 is 10.1 Å². The lowest BCUT2D eigenvalue weighted by Crippen LogP contribution is -2.29. The van der Waals surface area contributed by atoms with Gasteiger partial charge < -0.3 is 14.0 Å². The Bertz CT molecular complexity index is 1110. The number of hydrogen-bond acceptors (Lipinski definition) is 6. The molecule has 2 atom stereocenters. The largest absolute Gasteiger partial charge is 0.744 e. The Kier molecular flexibility index (Phi) is 26.2. The molecule has 1 aliphatic heterocycles. The number of ether oxygens (including phenoxy) is 2. The van der Waals surface area contributed by atoms with Gasteiger partial charge in [-0.1, -0.05) is 158 Å². The molecule has 0 saturated carbocycles. The molecule has 8 heteroatoms. The Hall–Kier alpha value is -1.32. The number of benzene rings is 1. The van der Waals surface area contributed by atoms with E-state index in [1.807, 2.05) is 6.92 Å². The van der Waals surface area contributed by atoms with Crippen molar-refractivity contribution in [2.45, 2.75) is 185 Å². The van der Waals surface area contributed by atoms with Crippen LogP contribution >= 0.6 is 11.3 Å². The first-order chi connectivity index (χ1) is 23.9. The molecule has 0 unspecified atom stereocenters. The smallest absolute Gasteiger partial charge is 0.224 e. The van der Waals surface area contributed by atoms with Crippen molar-refractivity contribution in [2.75, 3.05) is 19.8 Å². The highest BCUT2D eigenvalue weighted by atomic mass is 32.2. The van der Waals surface area contributed by atoms with Crippen LogP contribution in [0.5, 0.6) is 0 Å². The number of nitrogens with zero attached hydrogens (tertiary/aromatic N) is 1. The van der Waals surface area contributed by atoms with Gasteiger partial charge in [0, 0.05) is 19.6 Å². The summed E-state index contributed by atoms with van der Waals surface area (Å²) < 4.78 is 45.4. The van der Waals surface area contributed by atoms with E-state index in [1.54, 1.807) is 23.5 Å². The monoisotopic (exact) mass is 721 g/mol. The zero-order valence-corrected chi connectivity index (χ0v) is 32.9. The lowest BCUT2D eigenvalue weighted by atomic mass is 9.97. The molecule has 1 aliphatic rings. The minimum absolute atomic E-state index is 0.178. The minimum Gasteiger partial charge on any atom is -0.744 e. The van der Waals surface area contributed by atoms with Gasteiger partial charge in [0.05, 0.1) is 23.0 Å². The molecule has 0 spiro atoms. The topological polar surface area (TPSA) is 79.5 Å². The van der Waals surface area contributed by atoms with Crippen molar-refractivity contribution in [3.8, 4) is 0 Å². The molecule has 3 rings (SSSR count). The van der Waals surface area contributed by atoms with Crippen LogP contribution in [0.15, 0.2) is 46.2 Å². The van der Waals surface area contributed by atoms with Gasteiger partial charge in [0.25, 0.3) is 0 Å². The predicted octanol–water partition coefficient (Wildman–Crippen LogP) is 11.3. The van der Waals surface area contributed by atoms with E-state index in [1.165, 1.54) is 173 Å². The highest BCUT2D eigenvalue weighted by Gasteiger charge is 2.25. The summed E-state index contributed by atoms with van der Waals surface area (Å²) >= 11 is 1.78. The van der Waals surface area contributed by atoms with E-state index in [0.29, 0.717) is 6.10 Å². The lowest BCUT2D eigenvalue weighted by molar-refractivity contribution is -0.692. The second kappa shape index (κ2) is 29.3. The van der Waals surface area contributed by atoms with Crippen LogP contribution < -0.4 is 4.57 Å². The molecule has 0 N–H and O–H groups in total. The van der Waals surface area contributed by atoms with Crippen LogP contribution in [0, 0.1) is 12.8 Å². The van der Waals surface area contributed by atoms with Crippen LogP contribution in [-0.2, 0) is 26.1 Å². The van der Waals surface area contributed by atoms with Crippen LogP contribution in [0.4, 0.5) is 0 Å². The molecule has 282 valence electrons. The van der Waals surface area contributed by atoms with Gasteiger partial charge in [-0.15, -0.1) is 0 Å². The van der Waals surface area contributed by atoms with Crippen molar-refractivity contribution in [1.29, 1.82) is 0 Å². The lowest BCUT2D eigenvalue weighted by Gasteiger charge is -2.10. The number of unbranched alkanes of at least 4 members (excludes halogenated alkanes) is 20. The summed E-state index contributed by atoms with van der Waals surface area (Å²) in [5, 5.41) is 2.15. The second-order valence-corrected chi connectivity index (χ2v) is 16.5. The molecule has 0 amide bonds. The maximum atomic E-state index is 10.4. The summed E-state index contributed by atoms with van der Waals surface area (Å²) in [4.78, 5) is -0.178. The molecule has 6 nitrogen and oxygen atoms in total. The SMILES string of the molecule is CCCCCCCCCCCCCCCCCC[C@@H]1CO[C@@H](COCCCCCCCC[n+]2ccsc2)C1.Cc1ccc(S(=O)(=O)[O-])cc1. The number of thiazole rings is 1. The number of rotatable bonds is 29. The molecule has 1 aromatic heterocycles. The Labute approximate surface area is 305 Å². The van der Waals surface area contributed by atoms with Gasteiger partial charge in [0.2, 0.25) is 5.51 Å². The first-order valence-corrected chi connectivity index (χ1v) is 22.4. The van der Waals surface area contributed by atoms with E-state index >= 15 is 0 Å². The molecule has 0 radical (unpaired) electrons. The van der Waals surface area contributed by atoms with Crippen molar-refractivity contribution < 1.29 is 27.0 Å². The predicted molar refractivity (Wildman–Crippen MR) is 204 cm³/mol. The first-order valence-electron chi connectivity index (χ1n) is 20.0. The summed E-state index contributed by atoms with van der Waals surface area (Å²) in [7, 11) is -4.27. The van der Waals surface area contributed by atoms with E-state index in [0.717, 1.165) is 31.3 Å². The number of aryl methyl sites for hydroxylation is 2. The van der Waals surface area contributed by atoms with Gasteiger partial charge in [0.1, 0.15) is 16.7 Å².